The van der Waals surface area contributed by atoms with Gasteiger partial charge in [-0.1, -0.05) is 6.07 Å². The first-order valence-electron chi connectivity index (χ1n) is 6.89. The Morgan fingerprint density at radius 3 is 2.70 bits per heavy atom. The standard InChI is InChI=1S/C15H20N2O3/c1-4-16(5-2)14(18)9-17-10-15(19)20-13-7-6-11(3)8-12(13)17/h6-8H,4-5,9-10H2,1-3H3. The molecule has 0 aliphatic carbocycles. The Balaban J connectivity index is 2.23. The highest BCUT2D eigenvalue weighted by atomic mass is 16.5. The predicted octanol–water partition coefficient (Wildman–Crippen LogP) is 1.59. The van der Waals surface area contributed by atoms with E-state index in [1.54, 1.807) is 15.9 Å². The molecule has 1 aromatic carbocycles. The Morgan fingerprint density at radius 1 is 1.35 bits per heavy atom. The van der Waals surface area contributed by atoms with E-state index in [0.29, 0.717) is 18.8 Å². The summed E-state index contributed by atoms with van der Waals surface area (Å²) in [5.41, 5.74) is 1.88. The van der Waals surface area contributed by atoms with Crippen LogP contribution in [0.4, 0.5) is 5.69 Å². The fourth-order valence-electron chi connectivity index (χ4n) is 2.34. The molecule has 1 heterocycles. The van der Waals surface area contributed by atoms with Gasteiger partial charge in [0.1, 0.15) is 6.54 Å². The van der Waals surface area contributed by atoms with Crippen LogP contribution in [-0.4, -0.2) is 43.0 Å². The van der Waals surface area contributed by atoms with Gasteiger partial charge in [0.25, 0.3) is 0 Å². The van der Waals surface area contributed by atoms with Crippen molar-refractivity contribution in [1.82, 2.24) is 4.90 Å². The lowest BCUT2D eigenvalue weighted by atomic mass is 10.1. The fourth-order valence-corrected chi connectivity index (χ4v) is 2.34. The number of amides is 1. The van der Waals surface area contributed by atoms with Crippen molar-refractivity contribution in [3.63, 3.8) is 0 Å². The fraction of sp³-hybridized carbons (Fsp3) is 0.467. The maximum absolute atomic E-state index is 12.2. The molecule has 1 aliphatic rings. The molecule has 0 fully saturated rings. The molecular formula is C15H20N2O3. The molecule has 1 aliphatic heterocycles. The second kappa shape index (κ2) is 5.94. The van der Waals surface area contributed by atoms with E-state index in [1.807, 2.05) is 32.9 Å². The highest BCUT2D eigenvalue weighted by Gasteiger charge is 2.26. The van der Waals surface area contributed by atoms with Crippen molar-refractivity contribution in [2.45, 2.75) is 20.8 Å². The van der Waals surface area contributed by atoms with Crippen molar-refractivity contribution >= 4 is 17.6 Å². The predicted molar refractivity (Wildman–Crippen MR) is 77.0 cm³/mol. The van der Waals surface area contributed by atoms with Crippen LogP contribution in [0, 0.1) is 6.92 Å². The second-order valence-corrected chi connectivity index (χ2v) is 4.87. The van der Waals surface area contributed by atoms with E-state index < -0.39 is 0 Å². The van der Waals surface area contributed by atoms with Gasteiger partial charge in [0.05, 0.1) is 12.2 Å². The van der Waals surface area contributed by atoms with Crippen LogP contribution < -0.4 is 9.64 Å². The van der Waals surface area contributed by atoms with Crippen molar-refractivity contribution in [3.8, 4) is 5.75 Å². The summed E-state index contributed by atoms with van der Waals surface area (Å²) in [7, 11) is 0. The molecule has 0 spiro atoms. The average molecular weight is 276 g/mol. The van der Waals surface area contributed by atoms with Gasteiger partial charge in [0.15, 0.2) is 5.75 Å². The van der Waals surface area contributed by atoms with Gasteiger partial charge in [0.2, 0.25) is 5.91 Å². The summed E-state index contributed by atoms with van der Waals surface area (Å²) in [5, 5.41) is 0. The molecular weight excluding hydrogens is 256 g/mol. The van der Waals surface area contributed by atoms with Crippen molar-refractivity contribution in [2.24, 2.45) is 0 Å². The van der Waals surface area contributed by atoms with Gasteiger partial charge in [-0.25, -0.2) is 4.79 Å². The molecule has 108 valence electrons. The minimum atomic E-state index is -0.325. The molecule has 0 N–H and O–H groups in total. The number of anilines is 1. The van der Waals surface area contributed by atoms with Crippen LogP contribution >= 0.6 is 0 Å². The van der Waals surface area contributed by atoms with Crippen LogP contribution in [0.1, 0.15) is 19.4 Å². The molecule has 0 saturated heterocycles. The second-order valence-electron chi connectivity index (χ2n) is 4.87. The SMILES string of the molecule is CCN(CC)C(=O)CN1CC(=O)Oc2ccc(C)cc21. The number of hydrogen-bond donors (Lipinski definition) is 0. The first kappa shape index (κ1) is 14.4. The molecule has 0 atom stereocenters. The van der Waals surface area contributed by atoms with Crippen LogP contribution in [0.2, 0.25) is 0 Å². The summed E-state index contributed by atoms with van der Waals surface area (Å²) >= 11 is 0. The summed E-state index contributed by atoms with van der Waals surface area (Å²) in [5.74, 6) is 0.227. The van der Waals surface area contributed by atoms with Crippen LogP contribution in [0.25, 0.3) is 0 Å². The first-order chi connectivity index (χ1) is 9.55. The Kier molecular flexibility index (Phi) is 4.27. The lowest BCUT2D eigenvalue weighted by Crippen LogP contribution is -2.44. The summed E-state index contributed by atoms with van der Waals surface area (Å²) in [4.78, 5) is 27.4. The zero-order valence-electron chi connectivity index (χ0n) is 12.2. The van der Waals surface area contributed by atoms with E-state index in [-0.39, 0.29) is 25.0 Å². The number of nitrogens with zero attached hydrogens (tertiary/aromatic N) is 2. The lowest BCUT2D eigenvalue weighted by molar-refractivity contribution is -0.133. The number of rotatable bonds is 4. The molecule has 2 rings (SSSR count). The maximum atomic E-state index is 12.2. The first-order valence-corrected chi connectivity index (χ1v) is 6.89. The Hall–Kier alpha value is -2.04. The zero-order valence-corrected chi connectivity index (χ0v) is 12.2. The molecule has 0 aromatic heterocycles. The Bertz CT molecular complexity index is 524. The molecule has 0 unspecified atom stereocenters. The molecule has 0 radical (unpaired) electrons. The highest BCUT2D eigenvalue weighted by molar-refractivity contribution is 5.89. The number of likely N-dealkylation sites (N-methyl/N-ethyl adjacent to an activating group) is 1. The maximum Gasteiger partial charge on any atom is 0.331 e. The number of fused-ring (bicyclic) bond motifs is 1. The van der Waals surface area contributed by atoms with Gasteiger partial charge in [-0.2, -0.15) is 0 Å². The summed E-state index contributed by atoms with van der Waals surface area (Å²) in [6.07, 6.45) is 0. The number of ether oxygens (including phenoxy) is 1. The molecule has 20 heavy (non-hydrogen) atoms. The van der Waals surface area contributed by atoms with Crippen LogP contribution in [0.5, 0.6) is 5.75 Å². The number of esters is 1. The van der Waals surface area contributed by atoms with Gasteiger partial charge >= 0.3 is 5.97 Å². The van der Waals surface area contributed by atoms with Gasteiger partial charge < -0.3 is 14.5 Å². The summed E-state index contributed by atoms with van der Waals surface area (Å²) < 4.78 is 5.21. The number of hydrogen-bond acceptors (Lipinski definition) is 4. The zero-order chi connectivity index (χ0) is 14.7. The minimum Gasteiger partial charge on any atom is -0.423 e. The van der Waals surface area contributed by atoms with Crippen LogP contribution in [0.3, 0.4) is 0 Å². The quantitative estimate of drug-likeness (QED) is 0.619. The van der Waals surface area contributed by atoms with E-state index in [2.05, 4.69) is 0 Å². The number of carbonyl (C=O) groups is 2. The molecule has 1 aromatic rings. The van der Waals surface area contributed by atoms with E-state index in [9.17, 15) is 9.59 Å². The normalized spacial score (nSPS) is 13.8. The lowest BCUT2D eigenvalue weighted by Gasteiger charge is -2.31. The Labute approximate surface area is 119 Å². The van der Waals surface area contributed by atoms with Crippen molar-refractivity contribution < 1.29 is 14.3 Å². The third-order valence-electron chi connectivity index (χ3n) is 3.44. The third kappa shape index (κ3) is 2.92. The smallest absolute Gasteiger partial charge is 0.331 e. The number of benzene rings is 1. The van der Waals surface area contributed by atoms with Gasteiger partial charge in [-0.15, -0.1) is 0 Å². The van der Waals surface area contributed by atoms with Gasteiger partial charge in [0, 0.05) is 13.1 Å². The highest BCUT2D eigenvalue weighted by Crippen LogP contribution is 2.32. The average Bonchev–Trinajstić information content (AvgIpc) is 2.41. The van der Waals surface area contributed by atoms with E-state index in [0.717, 1.165) is 11.3 Å². The molecule has 0 saturated carbocycles. The van der Waals surface area contributed by atoms with Crippen LogP contribution in [-0.2, 0) is 9.59 Å². The topological polar surface area (TPSA) is 49.9 Å². The minimum absolute atomic E-state index is 0.0251. The Morgan fingerprint density at radius 2 is 2.05 bits per heavy atom. The van der Waals surface area contributed by atoms with Crippen LogP contribution in [0.15, 0.2) is 18.2 Å². The number of aryl methyl sites for hydroxylation is 1. The molecule has 5 heteroatoms. The number of carbonyl (C=O) groups excluding carboxylic acids is 2. The third-order valence-corrected chi connectivity index (χ3v) is 3.44. The summed E-state index contributed by atoms with van der Waals surface area (Å²) in [6.45, 7) is 7.54. The van der Waals surface area contributed by atoms with Gasteiger partial charge in [-0.05, 0) is 38.5 Å². The van der Waals surface area contributed by atoms with Crippen molar-refractivity contribution in [3.05, 3.63) is 23.8 Å². The van der Waals surface area contributed by atoms with Crippen molar-refractivity contribution in [2.75, 3.05) is 31.1 Å². The molecule has 5 nitrogen and oxygen atoms in total. The van der Waals surface area contributed by atoms with Crippen molar-refractivity contribution in [1.29, 1.82) is 0 Å². The monoisotopic (exact) mass is 276 g/mol. The van der Waals surface area contributed by atoms with E-state index in [4.69, 9.17) is 4.74 Å². The van der Waals surface area contributed by atoms with E-state index in [1.165, 1.54) is 0 Å². The largest absolute Gasteiger partial charge is 0.423 e. The van der Waals surface area contributed by atoms with Gasteiger partial charge in [-0.3, -0.25) is 4.79 Å². The molecule has 1 amide bonds. The molecule has 0 bridgehead atoms. The van der Waals surface area contributed by atoms with E-state index >= 15 is 0 Å². The summed E-state index contributed by atoms with van der Waals surface area (Å²) in [6, 6.07) is 5.61.